The van der Waals surface area contributed by atoms with E-state index in [0.717, 1.165) is 6.26 Å². The van der Waals surface area contributed by atoms with E-state index in [0.29, 0.717) is 10.6 Å². The summed E-state index contributed by atoms with van der Waals surface area (Å²) in [4.78, 5) is 0. The molecule has 0 aliphatic heterocycles. The summed E-state index contributed by atoms with van der Waals surface area (Å²) >= 11 is 11.7. The third-order valence-corrected chi connectivity index (χ3v) is 3.91. The van der Waals surface area contributed by atoms with Crippen molar-refractivity contribution in [3.8, 4) is 0 Å². The minimum Gasteiger partial charge on any atom is -0.388 e. The zero-order valence-electron chi connectivity index (χ0n) is 8.65. The number of aliphatic hydroxyl groups excluding tert-OH is 1. The first-order chi connectivity index (χ1) is 7.31. The first-order valence-electron chi connectivity index (χ1n) is 4.61. The molecule has 1 unspecified atom stereocenters. The molecule has 0 saturated carbocycles. The first-order valence-corrected chi connectivity index (χ1v) is 7.42. The van der Waals surface area contributed by atoms with Gasteiger partial charge in [0, 0.05) is 11.8 Å². The zero-order chi connectivity index (χ0) is 12.3. The molecule has 0 amide bonds. The molecular weight excluding hydrogens is 271 g/mol. The Balaban J connectivity index is 2.81. The summed E-state index contributed by atoms with van der Waals surface area (Å²) in [6.45, 7) is 0. The minimum atomic E-state index is -3.09. The molecule has 0 heterocycles. The lowest BCUT2D eigenvalue weighted by molar-refractivity contribution is 0.174. The topological polar surface area (TPSA) is 54.4 Å². The smallest absolute Gasteiger partial charge is 0.147 e. The van der Waals surface area contributed by atoms with Gasteiger partial charge in [-0.05, 0) is 12.5 Å². The second kappa shape index (κ2) is 5.36. The number of halogens is 2. The molecule has 1 aromatic carbocycles. The van der Waals surface area contributed by atoms with Crippen molar-refractivity contribution in [3.05, 3.63) is 33.8 Å². The van der Waals surface area contributed by atoms with Crippen molar-refractivity contribution in [2.45, 2.75) is 12.5 Å². The Bertz CT molecular complexity index is 471. The SMILES string of the molecule is CS(=O)(=O)CCC(O)c1cccc(Cl)c1Cl. The fourth-order valence-electron chi connectivity index (χ4n) is 1.26. The zero-order valence-corrected chi connectivity index (χ0v) is 11.0. The number of hydrogen-bond donors (Lipinski definition) is 1. The summed E-state index contributed by atoms with van der Waals surface area (Å²) in [6.07, 6.45) is 0.319. The molecule has 1 rings (SSSR count). The lowest BCUT2D eigenvalue weighted by Crippen LogP contribution is -2.08. The molecule has 3 nitrogen and oxygen atoms in total. The summed E-state index contributed by atoms with van der Waals surface area (Å²) in [5.41, 5.74) is 0.456. The molecule has 0 aliphatic carbocycles. The summed E-state index contributed by atoms with van der Waals surface area (Å²) in [6, 6.07) is 4.89. The molecule has 0 saturated heterocycles. The monoisotopic (exact) mass is 282 g/mol. The normalized spacial score (nSPS) is 13.8. The van der Waals surface area contributed by atoms with Gasteiger partial charge in [0.1, 0.15) is 9.84 Å². The van der Waals surface area contributed by atoms with E-state index in [1.807, 2.05) is 0 Å². The number of benzene rings is 1. The highest BCUT2D eigenvalue weighted by atomic mass is 35.5. The van der Waals surface area contributed by atoms with Gasteiger partial charge in [-0.2, -0.15) is 0 Å². The summed E-state index contributed by atoms with van der Waals surface area (Å²) in [5, 5.41) is 10.4. The average molecular weight is 283 g/mol. The van der Waals surface area contributed by atoms with Crippen molar-refractivity contribution in [2.24, 2.45) is 0 Å². The van der Waals surface area contributed by atoms with E-state index in [1.54, 1.807) is 18.2 Å². The predicted molar refractivity (Wildman–Crippen MR) is 65.7 cm³/mol. The molecule has 90 valence electrons. The number of rotatable bonds is 4. The Labute approximate surface area is 105 Å². The average Bonchev–Trinajstić information content (AvgIpc) is 2.17. The maximum atomic E-state index is 10.9. The number of sulfone groups is 1. The summed E-state index contributed by atoms with van der Waals surface area (Å²) < 4.78 is 21.9. The van der Waals surface area contributed by atoms with Crippen LogP contribution in [-0.4, -0.2) is 25.5 Å². The van der Waals surface area contributed by atoms with Gasteiger partial charge in [-0.25, -0.2) is 8.42 Å². The number of aliphatic hydroxyl groups is 1. The highest BCUT2D eigenvalue weighted by Gasteiger charge is 2.15. The quantitative estimate of drug-likeness (QED) is 0.923. The van der Waals surface area contributed by atoms with Crippen molar-refractivity contribution in [2.75, 3.05) is 12.0 Å². The van der Waals surface area contributed by atoms with Gasteiger partial charge in [0.2, 0.25) is 0 Å². The van der Waals surface area contributed by atoms with Crippen LogP contribution in [0.15, 0.2) is 18.2 Å². The summed E-state index contributed by atoms with van der Waals surface area (Å²) in [5.74, 6) is -0.0863. The van der Waals surface area contributed by atoms with Gasteiger partial charge in [-0.1, -0.05) is 35.3 Å². The molecule has 0 aliphatic rings. The largest absolute Gasteiger partial charge is 0.388 e. The molecule has 1 atom stereocenters. The highest BCUT2D eigenvalue weighted by Crippen LogP contribution is 2.31. The maximum Gasteiger partial charge on any atom is 0.147 e. The molecule has 0 aromatic heterocycles. The van der Waals surface area contributed by atoms with Gasteiger partial charge in [0.25, 0.3) is 0 Å². The van der Waals surface area contributed by atoms with Crippen molar-refractivity contribution in [1.29, 1.82) is 0 Å². The Kier molecular flexibility index (Phi) is 4.62. The molecule has 0 spiro atoms. The van der Waals surface area contributed by atoms with Crippen LogP contribution in [0, 0.1) is 0 Å². The third kappa shape index (κ3) is 3.94. The van der Waals surface area contributed by atoms with Gasteiger partial charge >= 0.3 is 0 Å². The fraction of sp³-hybridized carbons (Fsp3) is 0.400. The number of hydrogen-bond acceptors (Lipinski definition) is 3. The van der Waals surface area contributed by atoms with Crippen molar-refractivity contribution in [1.82, 2.24) is 0 Å². The second-order valence-corrected chi connectivity index (χ2v) is 6.62. The van der Waals surface area contributed by atoms with Crippen molar-refractivity contribution in [3.63, 3.8) is 0 Å². The van der Waals surface area contributed by atoms with Gasteiger partial charge in [0.05, 0.1) is 21.9 Å². The summed E-state index contributed by atoms with van der Waals surface area (Å²) in [7, 11) is -3.09. The van der Waals surface area contributed by atoms with E-state index < -0.39 is 15.9 Å². The Morgan fingerprint density at radius 1 is 1.38 bits per heavy atom. The molecule has 6 heteroatoms. The van der Waals surface area contributed by atoms with Crippen LogP contribution >= 0.6 is 23.2 Å². The van der Waals surface area contributed by atoms with Crippen LogP contribution in [0.25, 0.3) is 0 Å². The second-order valence-electron chi connectivity index (χ2n) is 3.58. The Hall–Kier alpha value is -0.290. The van der Waals surface area contributed by atoms with Crippen LogP contribution in [0.4, 0.5) is 0 Å². The highest BCUT2D eigenvalue weighted by molar-refractivity contribution is 7.90. The van der Waals surface area contributed by atoms with E-state index in [-0.39, 0.29) is 17.2 Å². The standard InChI is InChI=1S/C10H12Cl2O3S/c1-16(14,15)6-5-9(13)7-3-2-4-8(11)10(7)12/h2-4,9,13H,5-6H2,1H3. The van der Waals surface area contributed by atoms with Crippen LogP contribution in [0.2, 0.25) is 10.0 Å². The molecule has 0 bridgehead atoms. The molecular formula is C10H12Cl2O3S. The van der Waals surface area contributed by atoms with Crippen LogP contribution in [0.5, 0.6) is 0 Å². The van der Waals surface area contributed by atoms with E-state index in [4.69, 9.17) is 23.2 Å². The molecule has 0 radical (unpaired) electrons. The predicted octanol–water partition coefficient (Wildman–Crippen LogP) is 2.46. The van der Waals surface area contributed by atoms with Crippen LogP contribution < -0.4 is 0 Å². The van der Waals surface area contributed by atoms with Gasteiger partial charge < -0.3 is 5.11 Å². The van der Waals surface area contributed by atoms with Crippen molar-refractivity contribution < 1.29 is 13.5 Å². The maximum absolute atomic E-state index is 10.9. The van der Waals surface area contributed by atoms with Gasteiger partial charge in [-0.3, -0.25) is 0 Å². The van der Waals surface area contributed by atoms with E-state index >= 15 is 0 Å². The van der Waals surface area contributed by atoms with Gasteiger partial charge in [-0.15, -0.1) is 0 Å². The molecule has 0 fully saturated rings. The van der Waals surface area contributed by atoms with Crippen LogP contribution in [0.1, 0.15) is 18.1 Å². The van der Waals surface area contributed by atoms with E-state index in [1.165, 1.54) is 0 Å². The van der Waals surface area contributed by atoms with Crippen LogP contribution in [0.3, 0.4) is 0 Å². The van der Waals surface area contributed by atoms with Crippen LogP contribution in [-0.2, 0) is 9.84 Å². The van der Waals surface area contributed by atoms with Gasteiger partial charge in [0.15, 0.2) is 0 Å². The Morgan fingerprint density at radius 2 is 2.00 bits per heavy atom. The molecule has 1 aromatic rings. The minimum absolute atomic E-state index is 0.0863. The first kappa shape index (κ1) is 13.8. The lowest BCUT2D eigenvalue weighted by atomic mass is 10.1. The molecule has 16 heavy (non-hydrogen) atoms. The van der Waals surface area contributed by atoms with E-state index in [9.17, 15) is 13.5 Å². The van der Waals surface area contributed by atoms with Crippen molar-refractivity contribution >= 4 is 33.0 Å². The fourth-order valence-corrected chi connectivity index (χ4v) is 2.34. The lowest BCUT2D eigenvalue weighted by Gasteiger charge is -2.12. The molecule has 1 N–H and O–H groups in total. The van der Waals surface area contributed by atoms with E-state index in [2.05, 4.69) is 0 Å². The Morgan fingerprint density at radius 3 is 2.56 bits per heavy atom. The third-order valence-electron chi connectivity index (χ3n) is 2.10.